The number of amides is 3. The maximum atomic E-state index is 11.8. The molecule has 0 radical (unpaired) electrons. The highest BCUT2D eigenvalue weighted by Crippen LogP contribution is 2.28. The molecule has 0 unspecified atom stereocenters. The van der Waals surface area contributed by atoms with Gasteiger partial charge in [0.2, 0.25) is 0 Å². The molecule has 1 aromatic rings. The summed E-state index contributed by atoms with van der Waals surface area (Å²) < 4.78 is 0. The molecule has 1 aromatic carbocycles. The van der Waals surface area contributed by atoms with Crippen LogP contribution in [0.25, 0.3) is 0 Å². The Morgan fingerprint density at radius 3 is 2.28 bits per heavy atom. The van der Waals surface area contributed by atoms with Gasteiger partial charge in [0, 0.05) is 18.8 Å². The molecule has 0 bridgehead atoms. The Balaban J connectivity index is 1.72. The topological polar surface area (TPSA) is 61.4 Å². The van der Waals surface area contributed by atoms with Crippen molar-refractivity contribution in [2.75, 3.05) is 18.0 Å². The summed E-state index contributed by atoms with van der Waals surface area (Å²) >= 11 is 0. The fourth-order valence-electron chi connectivity index (χ4n) is 2.67. The molecule has 1 spiro atoms. The summed E-state index contributed by atoms with van der Waals surface area (Å²) in [5.41, 5.74) is 0.486. The van der Waals surface area contributed by atoms with Crippen LogP contribution < -0.4 is 15.5 Å². The van der Waals surface area contributed by atoms with Gasteiger partial charge in [0.25, 0.3) is 5.91 Å². The van der Waals surface area contributed by atoms with Crippen molar-refractivity contribution in [1.82, 2.24) is 10.6 Å². The number of anilines is 1. The van der Waals surface area contributed by atoms with Crippen molar-refractivity contribution >= 4 is 17.6 Å². The van der Waals surface area contributed by atoms with E-state index in [1.807, 2.05) is 18.2 Å². The van der Waals surface area contributed by atoms with Gasteiger partial charge < -0.3 is 10.2 Å². The maximum Gasteiger partial charge on any atom is 0.322 e. The lowest BCUT2D eigenvalue weighted by atomic mass is 9.87. The van der Waals surface area contributed by atoms with E-state index in [1.54, 1.807) is 0 Å². The molecule has 5 nitrogen and oxygen atoms in total. The van der Waals surface area contributed by atoms with Gasteiger partial charge in [-0.05, 0) is 25.0 Å². The fraction of sp³-hybridized carbons (Fsp3) is 0.385. The molecule has 2 N–H and O–H groups in total. The van der Waals surface area contributed by atoms with Crippen molar-refractivity contribution in [1.29, 1.82) is 0 Å². The van der Waals surface area contributed by atoms with Gasteiger partial charge in [-0.15, -0.1) is 0 Å². The summed E-state index contributed by atoms with van der Waals surface area (Å²) in [6.07, 6.45) is 1.30. The average molecular weight is 245 g/mol. The minimum Gasteiger partial charge on any atom is -0.371 e. The highest BCUT2D eigenvalue weighted by Gasteiger charge is 2.47. The zero-order valence-corrected chi connectivity index (χ0v) is 9.98. The van der Waals surface area contributed by atoms with Crippen LogP contribution in [-0.2, 0) is 4.79 Å². The Morgan fingerprint density at radius 2 is 1.72 bits per heavy atom. The van der Waals surface area contributed by atoms with Gasteiger partial charge in [-0.2, -0.15) is 0 Å². The van der Waals surface area contributed by atoms with E-state index >= 15 is 0 Å². The van der Waals surface area contributed by atoms with Crippen LogP contribution in [0.5, 0.6) is 0 Å². The number of benzene rings is 1. The van der Waals surface area contributed by atoms with Crippen LogP contribution in [-0.4, -0.2) is 30.6 Å². The normalized spacial score (nSPS) is 21.9. The van der Waals surface area contributed by atoms with Crippen molar-refractivity contribution in [3.05, 3.63) is 30.3 Å². The Labute approximate surface area is 105 Å². The van der Waals surface area contributed by atoms with E-state index < -0.39 is 5.54 Å². The fourth-order valence-corrected chi connectivity index (χ4v) is 2.67. The predicted octanol–water partition coefficient (Wildman–Crippen LogP) is 0.865. The minimum atomic E-state index is -0.678. The third kappa shape index (κ3) is 1.72. The summed E-state index contributed by atoms with van der Waals surface area (Å²) in [7, 11) is 0. The zero-order chi connectivity index (χ0) is 12.6. The number of carbonyl (C=O) groups excluding carboxylic acids is 2. The lowest BCUT2D eigenvalue weighted by Crippen LogP contribution is -2.54. The first-order valence-electron chi connectivity index (χ1n) is 6.13. The van der Waals surface area contributed by atoms with Crippen molar-refractivity contribution in [2.24, 2.45) is 0 Å². The second-order valence-corrected chi connectivity index (χ2v) is 4.81. The van der Waals surface area contributed by atoms with E-state index in [1.165, 1.54) is 0 Å². The van der Waals surface area contributed by atoms with Crippen LogP contribution in [0.4, 0.5) is 10.5 Å². The molecule has 2 aliphatic heterocycles. The average Bonchev–Trinajstić information content (AvgIpc) is 2.66. The van der Waals surface area contributed by atoms with Crippen molar-refractivity contribution in [2.45, 2.75) is 18.4 Å². The molecule has 18 heavy (non-hydrogen) atoms. The van der Waals surface area contributed by atoms with Gasteiger partial charge in [-0.1, -0.05) is 18.2 Å². The number of piperidine rings is 1. The molecule has 5 heteroatoms. The number of hydrogen-bond donors (Lipinski definition) is 2. The van der Waals surface area contributed by atoms with Gasteiger partial charge in [0.1, 0.15) is 5.54 Å². The molecule has 0 aromatic heterocycles. The maximum absolute atomic E-state index is 11.8. The first-order chi connectivity index (χ1) is 8.70. The van der Waals surface area contributed by atoms with Crippen LogP contribution >= 0.6 is 0 Å². The molecular formula is C13H15N3O2. The summed E-state index contributed by atoms with van der Waals surface area (Å²) in [5.74, 6) is -0.180. The molecule has 3 rings (SSSR count). The lowest BCUT2D eigenvalue weighted by Gasteiger charge is -2.38. The highest BCUT2D eigenvalue weighted by atomic mass is 16.2. The molecular weight excluding hydrogens is 230 g/mol. The van der Waals surface area contributed by atoms with E-state index in [0.717, 1.165) is 18.8 Å². The number of para-hydroxylation sites is 1. The standard InChI is InChI=1S/C13H15N3O2/c17-11-13(15-12(18)14-11)6-8-16(9-7-13)10-4-2-1-3-5-10/h1-5H,6-9H2,(H2,14,15,17,18). The molecule has 2 saturated heterocycles. The van der Waals surface area contributed by atoms with Gasteiger partial charge in [0.05, 0.1) is 0 Å². The van der Waals surface area contributed by atoms with E-state index in [9.17, 15) is 9.59 Å². The third-order valence-corrected chi connectivity index (χ3v) is 3.75. The zero-order valence-electron chi connectivity index (χ0n) is 9.98. The van der Waals surface area contributed by atoms with Gasteiger partial charge in [-0.3, -0.25) is 10.1 Å². The van der Waals surface area contributed by atoms with Crippen molar-refractivity contribution in [3.63, 3.8) is 0 Å². The highest BCUT2D eigenvalue weighted by molar-refractivity contribution is 6.07. The number of rotatable bonds is 1. The summed E-state index contributed by atoms with van der Waals surface area (Å²) in [6.45, 7) is 1.55. The van der Waals surface area contributed by atoms with Crippen LogP contribution in [0.2, 0.25) is 0 Å². The monoisotopic (exact) mass is 245 g/mol. The minimum absolute atomic E-state index is 0.180. The Hall–Kier alpha value is -2.04. The first-order valence-corrected chi connectivity index (χ1v) is 6.13. The second kappa shape index (κ2) is 4.01. The van der Waals surface area contributed by atoms with E-state index in [2.05, 4.69) is 27.7 Å². The smallest absolute Gasteiger partial charge is 0.322 e. The Kier molecular flexibility index (Phi) is 2.47. The van der Waals surface area contributed by atoms with Crippen LogP contribution in [0, 0.1) is 0 Å². The molecule has 3 amide bonds. The second-order valence-electron chi connectivity index (χ2n) is 4.81. The predicted molar refractivity (Wildman–Crippen MR) is 67.3 cm³/mol. The Bertz CT molecular complexity index is 478. The molecule has 0 saturated carbocycles. The number of imide groups is 1. The van der Waals surface area contributed by atoms with Crippen molar-refractivity contribution < 1.29 is 9.59 Å². The quantitative estimate of drug-likeness (QED) is 0.722. The third-order valence-electron chi connectivity index (χ3n) is 3.75. The SMILES string of the molecule is O=C1NC(=O)C2(CCN(c3ccccc3)CC2)N1. The summed E-state index contributed by atoms with van der Waals surface area (Å²) in [6, 6.07) is 9.75. The van der Waals surface area contributed by atoms with Crippen LogP contribution in [0.15, 0.2) is 30.3 Å². The molecule has 0 atom stereocenters. The molecule has 94 valence electrons. The number of hydrogen-bond acceptors (Lipinski definition) is 3. The van der Waals surface area contributed by atoms with Crippen molar-refractivity contribution in [3.8, 4) is 0 Å². The number of nitrogens with zero attached hydrogens (tertiary/aromatic N) is 1. The molecule has 2 aliphatic rings. The molecule has 0 aliphatic carbocycles. The largest absolute Gasteiger partial charge is 0.371 e. The van der Waals surface area contributed by atoms with Crippen LogP contribution in [0.1, 0.15) is 12.8 Å². The lowest BCUT2D eigenvalue weighted by molar-refractivity contribution is -0.124. The number of urea groups is 1. The van der Waals surface area contributed by atoms with Gasteiger partial charge in [-0.25, -0.2) is 4.79 Å². The molecule has 2 heterocycles. The Morgan fingerprint density at radius 1 is 1.06 bits per heavy atom. The van der Waals surface area contributed by atoms with Gasteiger partial charge >= 0.3 is 6.03 Å². The summed E-state index contributed by atoms with van der Waals surface area (Å²) in [4.78, 5) is 25.3. The van der Waals surface area contributed by atoms with E-state index in [0.29, 0.717) is 12.8 Å². The first kappa shape index (κ1) is 11.1. The number of carbonyl (C=O) groups is 2. The number of nitrogens with one attached hydrogen (secondary N) is 2. The van der Waals surface area contributed by atoms with Crippen LogP contribution in [0.3, 0.4) is 0 Å². The molecule has 2 fully saturated rings. The van der Waals surface area contributed by atoms with E-state index in [4.69, 9.17) is 0 Å². The van der Waals surface area contributed by atoms with Gasteiger partial charge in [0.15, 0.2) is 0 Å². The van der Waals surface area contributed by atoms with E-state index in [-0.39, 0.29) is 11.9 Å². The summed E-state index contributed by atoms with van der Waals surface area (Å²) in [5, 5.41) is 5.09.